The molecule has 3 heteroatoms. The molecule has 19 heavy (non-hydrogen) atoms. The van der Waals surface area contributed by atoms with Gasteiger partial charge in [-0.3, -0.25) is 0 Å². The van der Waals surface area contributed by atoms with E-state index in [0.717, 1.165) is 32.5 Å². The highest BCUT2D eigenvalue weighted by Gasteiger charge is 2.37. The van der Waals surface area contributed by atoms with Crippen LogP contribution in [0.25, 0.3) is 0 Å². The van der Waals surface area contributed by atoms with Crippen molar-refractivity contribution in [2.45, 2.75) is 19.8 Å². The van der Waals surface area contributed by atoms with E-state index in [2.05, 4.69) is 36.1 Å². The van der Waals surface area contributed by atoms with Crippen LogP contribution in [-0.2, 0) is 11.2 Å². The Hall–Kier alpha value is -1.06. The molecule has 0 amide bonds. The number of rotatable bonds is 3. The lowest BCUT2D eigenvalue weighted by molar-refractivity contribution is 0.0969. The molecule has 1 aromatic carbocycles. The highest BCUT2D eigenvalue weighted by atomic mass is 16.5. The van der Waals surface area contributed by atoms with Crippen LogP contribution in [0.2, 0.25) is 0 Å². The molecular formula is C16H23NO2. The van der Waals surface area contributed by atoms with Gasteiger partial charge in [-0.05, 0) is 30.4 Å². The standard InChI is InChI=1S/C16H23NO2/c1-13-8-14-4-2-3-5-15(14)17(9-13)10-16(11-18)6-7-19-12-16/h2-5,13,18H,6-12H2,1H3. The molecule has 3 rings (SSSR count). The van der Waals surface area contributed by atoms with Crippen LogP contribution >= 0.6 is 0 Å². The summed E-state index contributed by atoms with van der Waals surface area (Å²) in [7, 11) is 0. The molecule has 2 aliphatic rings. The van der Waals surface area contributed by atoms with E-state index in [-0.39, 0.29) is 12.0 Å². The van der Waals surface area contributed by atoms with Gasteiger partial charge in [-0.1, -0.05) is 25.1 Å². The van der Waals surface area contributed by atoms with Crippen LogP contribution < -0.4 is 4.90 Å². The molecular weight excluding hydrogens is 238 g/mol. The van der Waals surface area contributed by atoms with Crippen LogP contribution in [0, 0.1) is 11.3 Å². The summed E-state index contributed by atoms with van der Waals surface area (Å²) >= 11 is 0. The summed E-state index contributed by atoms with van der Waals surface area (Å²) in [6.45, 7) is 5.99. The van der Waals surface area contributed by atoms with Gasteiger partial charge in [0.2, 0.25) is 0 Å². The average Bonchev–Trinajstić information content (AvgIpc) is 2.88. The maximum atomic E-state index is 9.75. The maximum Gasteiger partial charge on any atom is 0.0562 e. The molecule has 1 aromatic rings. The monoisotopic (exact) mass is 261 g/mol. The molecule has 0 saturated carbocycles. The Morgan fingerprint density at radius 2 is 2.26 bits per heavy atom. The lowest BCUT2D eigenvalue weighted by Crippen LogP contribution is -2.44. The van der Waals surface area contributed by atoms with Gasteiger partial charge in [0.1, 0.15) is 0 Å². The first-order valence-corrected chi connectivity index (χ1v) is 7.24. The third-order valence-corrected chi connectivity index (χ3v) is 4.48. The molecule has 2 unspecified atom stereocenters. The van der Waals surface area contributed by atoms with E-state index in [9.17, 15) is 5.11 Å². The van der Waals surface area contributed by atoms with Gasteiger partial charge in [0.25, 0.3) is 0 Å². The Labute approximate surface area is 115 Å². The first-order valence-electron chi connectivity index (χ1n) is 7.24. The average molecular weight is 261 g/mol. The van der Waals surface area contributed by atoms with Gasteiger partial charge in [-0.2, -0.15) is 0 Å². The molecule has 1 saturated heterocycles. The van der Waals surface area contributed by atoms with Gasteiger partial charge in [0.05, 0.1) is 13.2 Å². The first-order chi connectivity index (χ1) is 9.22. The van der Waals surface area contributed by atoms with Crippen molar-refractivity contribution in [2.24, 2.45) is 11.3 Å². The highest BCUT2D eigenvalue weighted by molar-refractivity contribution is 5.56. The van der Waals surface area contributed by atoms with Crippen molar-refractivity contribution < 1.29 is 9.84 Å². The van der Waals surface area contributed by atoms with Crippen LogP contribution in [0.4, 0.5) is 5.69 Å². The smallest absolute Gasteiger partial charge is 0.0562 e. The third kappa shape index (κ3) is 2.49. The van der Waals surface area contributed by atoms with Crippen LogP contribution in [-0.4, -0.2) is 38.0 Å². The van der Waals surface area contributed by atoms with Gasteiger partial charge in [0, 0.05) is 30.8 Å². The van der Waals surface area contributed by atoms with Gasteiger partial charge in [0.15, 0.2) is 0 Å². The molecule has 2 heterocycles. The molecule has 0 aromatic heterocycles. The zero-order chi connectivity index (χ0) is 13.3. The Morgan fingerprint density at radius 3 is 3.00 bits per heavy atom. The van der Waals surface area contributed by atoms with Crippen molar-refractivity contribution in [3.05, 3.63) is 29.8 Å². The van der Waals surface area contributed by atoms with E-state index in [1.807, 2.05) is 0 Å². The van der Waals surface area contributed by atoms with Crippen LogP contribution in [0.3, 0.4) is 0 Å². The fourth-order valence-corrected chi connectivity index (χ4v) is 3.41. The number of benzene rings is 1. The number of nitrogens with zero attached hydrogens (tertiary/aromatic N) is 1. The molecule has 0 bridgehead atoms. The summed E-state index contributed by atoms with van der Waals surface area (Å²) in [4.78, 5) is 2.45. The van der Waals surface area contributed by atoms with E-state index in [0.29, 0.717) is 12.5 Å². The number of hydrogen-bond donors (Lipinski definition) is 1. The van der Waals surface area contributed by atoms with E-state index in [1.165, 1.54) is 11.3 Å². The third-order valence-electron chi connectivity index (χ3n) is 4.48. The zero-order valence-electron chi connectivity index (χ0n) is 11.6. The van der Waals surface area contributed by atoms with E-state index < -0.39 is 0 Å². The normalized spacial score (nSPS) is 30.4. The Bertz CT molecular complexity index is 440. The van der Waals surface area contributed by atoms with Crippen LogP contribution in [0.1, 0.15) is 18.9 Å². The van der Waals surface area contributed by atoms with Gasteiger partial charge in [-0.15, -0.1) is 0 Å². The molecule has 0 radical (unpaired) electrons. The Kier molecular flexibility index (Phi) is 3.50. The number of aliphatic hydroxyl groups is 1. The lowest BCUT2D eigenvalue weighted by Gasteiger charge is -2.40. The largest absolute Gasteiger partial charge is 0.396 e. The minimum atomic E-state index is -0.0653. The topological polar surface area (TPSA) is 32.7 Å². The molecule has 2 aliphatic heterocycles. The first kappa shape index (κ1) is 12.9. The lowest BCUT2D eigenvalue weighted by atomic mass is 9.85. The van der Waals surface area contributed by atoms with E-state index in [1.54, 1.807) is 0 Å². The van der Waals surface area contributed by atoms with Crippen LogP contribution in [0.5, 0.6) is 0 Å². The Morgan fingerprint density at radius 1 is 1.42 bits per heavy atom. The predicted molar refractivity (Wildman–Crippen MR) is 76.5 cm³/mol. The predicted octanol–water partition coefficient (Wildman–Crippen LogP) is 2.08. The summed E-state index contributed by atoms with van der Waals surface area (Å²) in [6.07, 6.45) is 2.13. The summed E-state index contributed by atoms with van der Waals surface area (Å²) in [5.41, 5.74) is 2.72. The maximum absolute atomic E-state index is 9.75. The molecule has 0 aliphatic carbocycles. The van der Waals surface area contributed by atoms with Crippen LogP contribution in [0.15, 0.2) is 24.3 Å². The van der Waals surface area contributed by atoms with Crippen molar-refractivity contribution in [1.29, 1.82) is 0 Å². The van der Waals surface area contributed by atoms with Crippen molar-refractivity contribution in [3.8, 4) is 0 Å². The van der Waals surface area contributed by atoms with Crippen molar-refractivity contribution in [1.82, 2.24) is 0 Å². The number of aliphatic hydroxyl groups excluding tert-OH is 1. The van der Waals surface area contributed by atoms with E-state index in [4.69, 9.17) is 4.74 Å². The Balaban J connectivity index is 1.84. The van der Waals surface area contributed by atoms with Crippen molar-refractivity contribution in [3.63, 3.8) is 0 Å². The summed E-state index contributed by atoms with van der Waals surface area (Å²) in [5.74, 6) is 0.674. The number of hydrogen-bond acceptors (Lipinski definition) is 3. The van der Waals surface area contributed by atoms with Gasteiger partial charge < -0.3 is 14.7 Å². The zero-order valence-corrected chi connectivity index (χ0v) is 11.6. The molecule has 0 spiro atoms. The number of para-hydroxylation sites is 1. The molecule has 2 atom stereocenters. The van der Waals surface area contributed by atoms with Crippen molar-refractivity contribution in [2.75, 3.05) is 37.8 Å². The van der Waals surface area contributed by atoms with Gasteiger partial charge >= 0.3 is 0 Å². The fourth-order valence-electron chi connectivity index (χ4n) is 3.41. The summed E-state index contributed by atoms with van der Waals surface area (Å²) in [5, 5.41) is 9.75. The quantitative estimate of drug-likeness (QED) is 0.904. The summed E-state index contributed by atoms with van der Waals surface area (Å²) < 4.78 is 5.52. The number of ether oxygens (including phenoxy) is 1. The molecule has 3 nitrogen and oxygen atoms in total. The molecule has 1 fully saturated rings. The van der Waals surface area contributed by atoms with E-state index >= 15 is 0 Å². The van der Waals surface area contributed by atoms with Gasteiger partial charge in [-0.25, -0.2) is 0 Å². The number of fused-ring (bicyclic) bond motifs is 1. The number of anilines is 1. The minimum absolute atomic E-state index is 0.0653. The summed E-state index contributed by atoms with van der Waals surface area (Å²) in [6, 6.07) is 8.67. The molecule has 104 valence electrons. The fraction of sp³-hybridized carbons (Fsp3) is 0.625. The van der Waals surface area contributed by atoms with Crippen molar-refractivity contribution >= 4 is 5.69 Å². The molecule has 1 N–H and O–H groups in total. The second-order valence-electron chi connectivity index (χ2n) is 6.28. The second kappa shape index (κ2) is 5.14. The second-order valence-corrected chi connectivity index (χ2v) is 6.28. The highest BCUT2D eigenvalue weighted by Crippen LogP contribution is 2.35. The SMILES string of the molecule is CC1Cc2ccccc2N(CC2(CO)CCOC2)C1. The minimum Gasteiger partial charge on any atom is -0.396 e.